The molecule has 18 heteroatoms. The maximum absolute atomic E-state index is 14.0. The standard InChI is InChI=1S/C62H72N8O6S4/c1-59(2,3)41-29-39(68-56(74)45-33-79-57(69-45)35-17-21-37(22-18-35)66-53(63)47-15-13-27-77-47)30-42(60(4,5)6)51(41)75-49(71)25-26-50(72)76-52-43(61(7,8)9)31-40(32-44(52)62(10,11)12)70-46(55(65)73)34-80-58(70)36-19-23-38(24-20-36)67-54(64)48-16-14-28-78-48/h13-32,45-46,57-58,69H,33-34H2,1-12H3,(H2,63,66)(H2,64,67)(H2,65,73)(H,68,74)/b26-25+. The first-order chi connectivity index (χ1) is 37.5. The van der Waals surface area contributed by atoms with Crippen LogP contribution in [-0.2, 0) is 40.8 Å². The number of amides is 2. The lowest BCUT2D eigenvalue weighted by atomic mass is 9.79. The van der Waals surface area contributed by atoms with Gasteiger partial charge in [-0.05, 0) is 104 Å². The van der Waals surface area contributed by atoms with Gasteiger partial charge in [-0.2, -0.15) is 0 Å². The van der Waals surface area contributed by atoms with Crippen molar-refractivity contribution in [3.63, 3.8) is 0 Å². The van der Waals surface area contributed by atoms with Crippen molar-refractivity contribution in [2.45, 2.75) is 128 Å². The zero-order chi connectivity index (χ0) is 58.1. The summed E-state index contributed by atoms with van der Waals surface area (Å²) in [5.74, 6) is 0.445. The Hall–Kier alpha value is -6.70. The summed E-state index contributed by atoms with van der Waals surface area (Å²) in [5.41, 5.74) is 24.0. The molecule has 2 aromatic heterocycles. The lowest BCUT2D eigenvalue weighted by Crippen LogP contribution is -2.43. The highest BCUT2D eigenvalue weighted by Crippen LogP contribution is 2.50. The number of anilines is 2. The van der Waals surface area contributed by atoms with Crippen LogP contribution in [0.25, 0.3) is 0 Å². The van der Waals surface area contributed by atoms with E-state index in [1.807, 2.05) is 191 Å². The van der Waals surface area contributed by atoms with Gasteiger partial charge in [-0.3, -0.25) is 14.9 Å². The third-order valence-corrected chi connectivity index (χ3v) is 17.9. The minimum absolute atomic E-state index is 0.104. The summed E-state index contributed by atoms with van der Waals surface area (Å²) in [5, 5.41) is 10.2. The van der Waals surface area contributed by atoms with Gasteiger partial charge in [-0.15, -0.1) is 46.2 Å². The van der Waals surface area contributed by atoms with Crippen LogP contribution < -0.4 is 42.2 Å². The summed E-state index contributed by atoms with van der Waals surface area (Å²) in [4.78, 5) is 68.2. The first kappa shape index (κ1) is 59.4. The number of nitrogens with two attached hydrogens (primary N) is 3. The van der Waals surface area contributed by atoms with Crippen LogP contribution in [0.2, 0.25) is 0 Å². The molecule has 6 aromatic rings. The normalized spacial score (nSPS) is 18.4. The smallest absolute Gasteiger partial charge is 0.336 e. The van der Waals surface area contributed by atoms with Crippen molar-refractivity contribution in [2.75, 3.05) is 21.7 Å². The number of aliphatic imine (C=N–C) groups is 2. The number of thioether (sulfide) groups is 2. The molecular formula is C62H72N8O6S4. The van der Waals surface area contributed by atoms with Crippen molar-refractivity contribution in [1.82, 2.24) is 5.32 Å². The second-order valence-electron chi connectivity index (χ2n) is 24.0. The Kier molecular flexibility index (Phi) is 17.7. The van der Waals surface area contributed by atoms with Crippen LogP contribution in [0.4, 0.5) is 22.7 Å². The number of rotatable bonds is 14. The SMILES string of the molecule is CC(C)(C)c1cc(NC(=O)C2CSC(c3ccc(N=C(N)c4cccs4)cc3)N2)cc(C(C)(C)C)c1OC(=O)/C=C/C(=O)Oc1c(C(C)(C)C)cc(N2C(C(N)=O)CSC2c2ccc(N=C(N)c3cccs3)cc2)cc1C(C)(C)C. The largest absolute Gasteiger partial charge is 0.423 e. The third-order valence-electron chi connectivity index (χ3n) is 13.6. The van der Waals surface area contributed by atoms with Crippen molar-refractivity contribution in [3.8, 4) is 11.5 Å². The first-order valence-electron chi connectivity index (χ1n) is 26.4. The van der Waals surface area contributed by atoms with E-state index in [2.05, 4.69) is 25.5 Å². The van der Waals surface area contributed by atoms with Crippen LogP contribution in [0.5, 0.6) is 11.5 Å². The number of amidine groups is 2. The Morgan fingerprint density at radius 2 is 1.04 bits per heavy atom. The van der Waals surface area contributed by atoms with E-state index >= 15 is 0 Å². The Bertz CT molecular complexity index is 3270. The Morgan fingerprint density at radius 1 is 0.600 bits per heavy atom. The van der Waals surface area contributed by atoms with Gasteiger partial charge >= 0.3 is 11.9 Å². The molecule has 4 unspecified atom stereocenters. The van der Waals surface area contributed by atoms with E-state index in [9.17, 15) is 19.2 Å². The van der Waals surface area contributed by atoms with E-state index in [1.165, 1.54) is 22.7 Å². The molecule has 2 aliphatic heterocycles. The molecule has 8 rings (SSSR count). The van der Waals surface area contributed by atoms with E-state index in [0.717, 1.165) is 55.5 Å². The lowest BCUT2D eigenvalue weighted by molar-refractivity contribution is -0.131. The fourth-order valence-electron chi connectivity index (χ4n) is 9.33. The highest BCUT2D eigenvalue weighted by molar-refractivity contribution is 8.00. The highest BCUT2D eigenvalue weighted by Gasteiger charge is 2.41. The van der Waals surface area contributed by atoms with E-state index < -0.39 is 51.6 Å². The summed E-state index contributed by atoms with van der Waals surface area (Å²) >= 11 is 6.33. The van der Waals surface area contributed by atoms with Gasteiger partial charge in [-0.1, -0.05) is 119 Å². The second-order valence-corrected chi connectivity index (χ2v) is 28.2. The number of hydrogen-bond donors (Lipinski definition) is 5. The number of carbonyl (C=O) groups is 4. The molecule has 0 bridgehead atoms. The van der Waals surface area contributed by atoms with Crippen molar-refractivity contribution >= 4 is 104 Å². The molecule has 0 aliphatic carbocycles. The molecule has 8 N–H and O–H groups in total. The molecule has 2 amide bonds. The number of benzene rings is 4. The van der Waals surface area contributed by atoms with E-state index in [0.29, 0.717) is 57.2 Å². The fourth-order valence-corrected chi connectivity index (χ4v) is 13.3. The molecule has 0 spiro atoms. The minimum Gasteiger partial charge on any atom is -0.423 e. The van der Waals surface area contributed by atoms with Crippen molar-refractivity contribution < 1.29 is 28.7 Å². The van der Waals surface area contributed by atoms with Crippen molar-refractivity contribution in [2.24, 2.45) is 27.2 Å². The maximum Gasteiger partial charge on any atom is 0.336 e. The van der Waals surface area contributed by atoms with Gasteiger partial charge in [0, 0.05) is 57.3 Å². The molecule has 4 atom stereocenters. The van der Waals surface area contributed by atoms with Gasteiger partial charge in [-0.25, -0.2) is 19.6 Å². The summed E-state index contributed by atoms with van der Waals surface area (Å²) in [6.45, 7) is 24.3. The number of esters is 2. The summed E-state index contributed by atoms with van der Waals surface area (Å²) < 4.78 is 12.5. The number of nitrogens with one attached hydrogen (secondary N) is 2. The quantitative estimate of drug-likeness (QED) is 0.0226. The highest BCUT2D eigenvalue weighted by atomic mass is 32.2. The first-order valence-corrected chi connectivity index (χ1v) is 30.2. The molecule has 4 heterocycles. The predicted molar refractivity (Wildman–Crippen MR) is 332 cm³/mol. The predicted octanol–water partition coefficient (Wildman–Crippen LogP) is 12.6. The summed E-state index contributed by atoms with van der Waals surface area (Å²) in [7, 11) is 0. The molecular weight excluding hydrogens is 1080 g/mol. The van der Waals surface area contributed by atoms with Crippen LogP contribution in [-0.4, -0.2) is 59.0 Å². The maximum atomic E-state index is 14.0. The molecule has 420 valence electrons. The zero-order valence-corrected chi connectivity index (χ0v) is 50.7. The van der Waals surface area contributed by atoms with E-state index in [4.69, 9.17) is 26.7 Å². The average molecular weight is 1150 g/mol. The molecule has 14 nitrogen and oxygen atoms in total. The lowest BCUT2D eigenvalue weighted by Gasteiger charge is -2.35. The fraction of sp³-hybridized carbons (Fsp3) is 0.355. The minimum atomic E-state index is -0.776. The van der Waals surface area contributed by atoms with E-state index in [-0.39, 0.29) is 16.7 Å². The van der Waals surface area contributed by atoms with Gasteiger partial charge in [0.15, 0.2) is 0 Å². The Morgan fingerprint density at radius 3 is 1.45 bits per heavy atom. The number of nitrogens with zero attached hydrogens (tertiary/aromatic N) is 3. The number of hydrogen-bond acceptors (Lipinski definition) is 14. The molecule has 2 aliphatic rings. The molecule has 2 saturated heterocycles. The molecule has 4 aromatic carbocycles. The van der Waals surface area contributed by atoms with Gasteiger partial charge in [0.05, 0.1) is 32.5 Å². The summed E-state index contributed by atoms with van der Waals surface area (Å²) in [6, 6.07) is 29.9. The van der Waals surface area contributed by atoms with Crippen LogP contribution in [0.3, 0.4) is 0 Å². The number of carbonyl (C=O) groups excluding carboxylic acids is 4. The molecule has 0 saturated carbocycles. The molecule has 80 heavy (non-hydrogen) atoms. The van der Waals surface area contributed by atoms with Crippen LogP contribution in [0.1, 0.15) is 137 Å². The van der Waals surface area contributed by atoms with Crippen molar-refractivity contribution in [1.29, 1.82) is 0 Å². The Balaban J connectivity index is 1.00. The molecule has 0 radical (unpaired) electrons. The van der Waals surface area contributed by atoms with Crippen LogP contribution >= 0.6 is 46.2 Å². The van der Waals surface area contributed by atoms with Crippen LogP contribution in [0, 0.1) is 0 Å². The monoisotopic (exact) mass is 1150 g/mol. The molecule has 2 fully saturated rings. The average Bonchev–Trinajstić information content (AvgIpc) is 4.38. The zero-order valence-electron chi connectivity index (χ0n) is 47.4. The van der Waals surface area contributed by atoms with Gasteiger partial charge in [0.1, 0.15) is 34.6 Å². The number of thiophene rings is 2. The van der Waals surface area contributed by atoms with Crippen LogP contribution in [0.15, 0.2) is 130 Å². The Labute approximate surface area is 486 Å². The van der Waals surface area contributed by atoms with Crippen molar-refractivity contribution in [3.05, 3.63) is 163 Å². The second kappa shape index (κ2) is 23.8. The van der Waals surface area contributed by atoms with Gasteiger partial charge < -0.3 is 36.9 Å². The number of ether oxygens (including phenoxy) is 2. The third kappa shape index (κ3) is 14.1. The van der Waals surface area contributed by atoms with Gasteiger partial charge in [0.25, 0.3) is 0 Å². The van der Waals surface area contributed by atoms with E-state index in [1.54, 1.807) is 23.5 Å². The number of primary amides is 1. The topological polar surface area (TPSA) is 217 Å². The van der Waals surface area contributed by atoms with Gasteiger partial charge in [0.2, 0.25) is 11.8 Å². The summed E-state index contributed by atoms with van der Waals surface area (Å²) in [6.07, 6.45) is 2.16.